The van der Waals surface area contributed by atoms with E-state index >= 15 is 0 Å². The molecule has 0 radical (unpaired) electrons. The smallest absolute Gasteiger partial charge is 0.0613 e. The van der Waals surface area contributed by atoms with Gasteiger partial charge in [-0.2, -0.15) is 0 Å². The lowest BCUT2D eigenvalue weighted by Gasteiger charge is -2.22. The molecule has 20 heavy (non-hydrogen) atoms. The fourth-order valence-corrected chi connectivity index (χ4v) is 2.93. The first-order valence-corrected chi connectivity index (χ1v) is 7.91. The molecule has 0 aliphatic carbocycles. The van der Waals surface area contributed by atoms with Gasteiger partial charge in [-0.1, -0.05) is 20.8 Å². The summed E-state index contributed by atoms with van der Waals surface area (Å²) >= 11 is 0. The van der Waals surface area contributed by atoms with Crippen LogP contribution in [0.15, 0.2) is 24.5 Å². The Balaban J connectivity index is 1.85. The van der Waals surface area contributed by atoms with Gasteiger partial charge in [0.05, 0.1) is 6.10 Å². The topological polar surface area (TPSA) is 34.1 Å². The Labute approximate surface area is 123 Å². The van der Waals surface area contributed by atoms with E-state index in [0.29, 0.717) is 24.0 Å². The van der Waals surface area contributed by atoms with Gasteiger partial charge in [-0.25, -0.2) is 0 Å². The van der Waals surface area contributed by atoms with Crippen LogP contribution in [0.4, 0.5) is 0 Å². The molecule has 1 aromatic heterocycles. The Kier molecular flexibility index (Phi) is 5.99. The van der Waals surface area contributed by atoms with E-state index in [1.54, 1.807) is 0 Å². The Morgan fingerprint density at radius 2 is 2.10 bits per heavy atom. The van der Waals surface area contributed by atoms with Crippen LogP contribution in [0.3, 0.4) is 0 Å². The van der Waals surface area contributed by atoms with Gasteiger partial charge in [-0.05, 0) is 55.3 Å². The van der Waals surface area contributed by atoms with Crippen molar-refractivity contribution in [2.24, 2.45) is 11.8 Å². The van der Waals surface area contributed by atoms with Crippen LogP contribution >= 0.6 is 0 Å². The number of rotatable bonds is 7. The largest absolute Gasteiger partial charge is 0.378 e. The predicted molar refractivity (Wildman–Crippen MR) is 82.6 cm³/mol. The maximum absolute atomic E-state index is 5.78. The van der Waals surface area contributed by atoms with Gasteiger partial charge < -0.3 is 10.1 Å². The third-order valence-corrected chi connectivity index (χ3v) is 4.17. The van der Waals surface area contributed by atoms with Crippen molar-refractivity contribution >= 4 is 0 Å². The molecule has 0 bridgehead atoms. The van der Waals surface area contributed by atoms with Crippen LogP contribution in [-0.4, -0.2) is 24.2 Å². The number of ether oxygens (including phenoxy) is 1. The van der Waals surface area contributed by atoms with E-state index < -0.39 is 0 Å². The second kappa shape index (κ2) is 7.75. The molecule has 3 nitrogen and oxygen atoms in total. The number of nitrogens with zero attached hydrogens (tertiary/aromatic N) is 1. The van der Waals surface area contributed by atoms with Gasteiger partial charge in [0.15, 0.2) is 0 Å². The molecular weight excluding hydrogens is 248 g/mol. The average molecular weight is 276 g/mol. The minimum atomic E-state index is 0.426. The second-order valence-electron chi connectivity index (χ2n) is 6.38. The van der Waals surface area contributed by atoms with Gasteiger partial charge in [0.1, 0.15) is 0 Å². The van der Waals surface area contributed by atoms with Gasteiger partial charge in [0.25, 0.3) is 0 Å². The van der Waals surface area contributed by atoms with Crippen LogP contribution in [0.1, 0.15) is 51.6 Å². The van der Waals surface area contributed by atoms with E-state index in [2.05, 4.69) is 43.2 Å². The van der Waals surface area contributed by atoms with Crippen LogP contribution < -0.4 is 5.32 Å². The highest BCUT2D eigenvalue weighted by molar-refractivity contribution is 5.15. The molecule has 1 aromatic rings. The first-order valence-electron chi connectivity index (χ1n) is 7.91. The van der Waals surface area contributed by atoms with Gasteiger partial charge in [-0.15, -0.1) is 0 Å². The summed E-state index contributed by atoms with van der Waals surface area (Å²) in [6.07, 6.45) is 7.69. The van der Waals surface area contributed by atoms with Crippen LogP contribution in [0, 0.1) is 11.8 Å². The lowest BCUT2D eigenvalue weighted by atomic mass is 9.97. The number of hydrogen-bond donors (Lipinski definition) is 1. The monoisotopic (exact) mass is 276 g/mol. The van der Waals surface area contributed by atoms with Crippen LogP contribution in [0.5, 0.6) is 0 Å². The molecular formula is C17H28N2O. The highest BCUT2D eigenvalue weighted by Gasteiger charge is 2.24. The van der Waals surface area contributed by atoms with Crippen molar-refractivity contribution in [3.63, 3.8) is 0 Å². The van der Waals surface area contributed by atoms with E-state index in [-0.39, 0.29) is 0 Å². The predicted octanol–water partition coefficient (Wildman–Crippen LogP) is 3.57. The number of pyridine rings is 1. The molecule has 2 heterocycles. The molecule has 0 saturated carbocycles. The first-order chi connectivity index (χ1) is 9.66. The minimum absolute atomic E-state index is 0.426. The van der Waals surface area contributed by atoms with Crippen LogP contribution in [0.2, 0.25) is 0 Å². The molecule has 0 aromatic carbocycles. The van der Waals surface area contributed by atoms with E-state index in [1.165, 1.54) is 12.0 Å². The summed E-state index contributed by atoms with van der Waals surface area (Å²) in [4.78, 5) is 4.11. The number of aromatic nitrogens is 1. The van der Waals surface area contributed by atoms with Gasteiger partial charge in [0.2, 0.25) is 0 Å². The molecule has 1 N–H and O–H groups in total. The lowest BCUT2D eigenvalue weighted by molar-refractivity contribution is 0.0862. The van der Waals surface area contributed by atoms with Gasteiger partial charge in [0, 0.05) is 25.0 Å². The molecule has 2 rings (SSSR count). The Morgan fingerprint density at radius 3 is 2.70 bits per heavy atom. The van der Waals surface area contributed by atoms with Crippen molar-refractivity contribution in [1.82, 2.24) is 10.3 Å². The highest BCUT2D eigenvalue weighted by atomic mass is 16.5. The summed E-state index contributed by atoms with van der Waals surface area (Å²) in [5.41, 5.74) is 1.34. The molecule has 0 spiro atoms. The minimum Gasteiger partial charge on any atom is -0.378 e. The number of hydrogen-bond acceptors (Lipinski definition) is 3. The molecule has 1 aliphatic heterocycles. The SMILES string of the molecule is CC(C)CC(NCC[C@@H]1OCC[C@@H]1C)c1ccncc1. The zero-order chi connectivity index (χ0) is 14.4. The summed E-state index contributed by atoms with van der Waals surface area (Å²) < 4.78 is 5.78. The van der Waals surface area contributed by atoms with E-state index in [1.807, 2.05) is 12.4 Å². The van der Waals surface area contributed by atoms with Crippen LogP contribution in [-0.2, 0) is 4.74 Å². The van der Waals surface area contributed by atoms with Crippen molar-refractivity contribution in [2.45, 2.75) is 52.2 Å². The first kappa shape index (κ1) is 15.5. The van der Waals surface area contributed by atoms with Gasteiger partial charge in [-0.3, -0.25) is 4.98 Å². The third-order valence-electron chi connectivity index (χ3n) is 4.17. The summed E-state index contributed by atoms with van der Waals surface area (Å²) in [5.74, 6) is 1.39. The zero-order valence-electron chi connectivity index (χ0n) is 13.0. The van der Waals surface area contributed by atoms with Crippen molar-refractivity contribution in [3.8, 4) is 0 Å². The molecule has 1 aliphatic rings. The summed E-state index contributed by atoms with van der Waals surface area (Å²) in [5, 5.41) is 3.71. The average Bonchev–Trinajstić information content (AvgIpc) is 2.84. The Morgan fingerprint density at radius 1 is 1.35 bits per heavy atom. The van der Waals surface area contributed by atoms with E-state index in [4.69, 9.17) is 4.74 Å². The maximum atomic E-state index is 5.78. The Hall–Kier alpha value is -0.930. The van der Waals surface area contributed by atoms with Crippen molar-refractivity contribution in [3.05, 3.63) is 30.1 Å². The molecule has 3 heteroatoms. The highest BCUT2D eigenvalue weighted by Crippen LogP contribution is 2.24. The fraction of sp³-hybridized carbons (Fsp3) is 0.706. The van der Waals surface area contributed by atoms with Crippen LogP contribution in [0.25, 0.3) is 0 Å². The molecule has 1 saturated heterocycles. The zero-order valence-corrected chi connectivity index (χ0v) is 13.0. The third kappa shape index (κ3) is 4.57. The summed E-state index contributed by atoms with van der Waals surface area (Å²) in [6, 6.07) is 4.67. The fourth-order valence-electron chi connectivity index (χ4n) is 2.93. The molecule has 1 unspecified atom stereocenters. The quantitative estimate of drug-likeness (QED) is 0.826. The summed E-state index contributed by atoms with van der Waals surface area (Å²) in [6.45, 7) is 8.81. The second-order valence-corrected chi connectivity index (χ2v) is 6.38. The normalized spacial score (nSPS) is 24.2. The van der Waals surface area contributed by atoms with Gasteiger partial charge >= 0.3 is 0 Å². The van der Waals surface area contributed by atoms with Crippen molar-refractivity contribution in [2.75, 3.05) is 13.2 Å². The Bertz CT molecular complexity index is 380. The lowest BCUT2D eigenvalue weighted by Crippen LogP contribution is -2.27. The summed E-state index contributed by atoms with van der Waals surface area (Å²) in [7, 11) is 0. The molecule has 1 fully saturated rings. The van der Waals surface area contributed by atoms with E-state index in [0.717, 1.165) is 26.0 Å². The van der Waals surface area contributed by atoms with Crippen molar-refractivity contribution in [1.29, 1.82) is 0 Å². The van der Waals surface area contributed by atoms with Crippen molar-refractivity contribution < 1.29 is 4.74 Å². The molecule has 0 amide bonds. The molecule has 112 valence electrons. The standard InChI is InChI=1S/C17H28N2O/c1-13(2)12-16(15-4-8-18-9-5-15)19-10-6-17-14(3)7-11-20-17/h4-5,8-9,13-14,16-17,19H,6-7,10-12H2,1-3H3/t14-,16?,17-/m0/s1. The molecule has 3 atom stereocenters. The number of nitrogens with one attached hydrogen (secondary N) is 1. The maximum Gasteiger partial charge on any atom is 0.0613 e. The van der Waals surface area contributed by atoms with E-state index in [9.17, 15) is 0 Å².